The van der Waals surface area contributed by atoms with Gasteiger partial charge in [-0.1, -0.05) is 19.0 Å². The van der Waals surface area contributed by atoms with Gasteiger partial charge in [0.1, 0.15) is 5.75 Å². The van der Waals surface area contributed by atoms with Crippen molar-refractivity contribution in [2.24, 2.45) is 0 Å². The number of pyridine rings is 1. The van der Waals surface area contributed by atoms with Crippen LogP contribution >= 0.6 is 12.4 Å². The van der Waals surface area contributed by atoms with Crippen molar-refractivity contribution in [3.05, 3.63) is 41.2 Å². The van der Waals surface area contributed by atoms with E-state index in [4.69, 9.17) is 15.0 Å². The van der Waals surface area contributed by atoms with Crippen LogP contribution in [0, 0.1) is 0 Å². The molecule has 1 aromatic carbocycles. The van der Waals surface area contributed by atoms with Crippen molar-refractivity contribution in [1.82, 2.24) is 10.1 Å². The highest BCUT2D eigenvalue weighted by Gasteiger charge is 2.29. The molecule has 0 spiro atoms. The Hall–Kier alpha value is -2.80. The molecule has 0 aliphatic heterocycles. The highest BCUT2D eigenvalue weighted by molar-refractivity contribution is 6.13. The average molecular weight is 403 g/mol. The molecule has 28 heavy (non-hydrogen) atoms. The standard InChI is InChI=1S/C20H22N4O3.ClH/c1-10(2)18-17-13(9-15(11-4-5-11)23-20(17)27-24-18)19(25)22-16-8-12(26-3)6-7-14(16)21;/h6-11H,4-5,21H2,1-3H3,(H,22,25);1H. The summed E-state index contributed by atoms with van der Waals surface area (Å²) in [5.74, 6) is 0.837. The Balaban J connectivity index is 0.00000225. The highest BCUT2D eigenvalue weighted by atomic mass is 35.5. The fraction of sp³-hybridized carbons (Fsp3) is 0.350. The second-order valence-corrected chi connectivity index (χ2v) is 7.18. The maximum atomic E-state index is 13.1. The van der Waals surface area contributed by atoms with Gasteiger partial charge in [0.15, 0.2) is 0 Å². The third-order valence-corrected chi connectivity index (χ3v) is 4.79. The lowest BCUT2D eigenvalue weighted by molar-refractivity contribution is 0.102. The number of methoxy groups -OCH3 is 1. The number of rotatable bonds is 5. The molecule has 0 unspecified atom stereocenters. The summed E-state index contributed by atoms with van der Waals surface area (Å²) in [7, 11) is 1.57. The van der Waals surface area contributed by atoms with E-state index in [-0.39, 0.29) is 24.2 Å². The number of benzene rings is 1. The topological polar surface area (TPSA) is 103 Å². The minimum atomic E-state index is -0.269. The first-order valence-corrected chi connectivity index (χ1v) is 9.03. The predicted molar refractivity (Wildman–Crippen MR) is 110 cm³/mol. The largest absolute Gasteiger partial charge is 0.497 e. The van der Waals surface area contributed by atoms with Crippen LogP contribution in [0.3, 0.4) is 0 Å². The molecule has 1 fully saturated rings. The number of hydrogen-bond donors (Lipinski definition) is 2. The Kier molecular flexibility index (Phi) is 5.47. The first-order valence-electron chi connectivity index (χ1n) is 9.03. The Morgan fingerprint density at radius 2 is 2.07 bits per heavy atom. The number of anilines is 2. The molecule has 1 amide bonds. The molecule has 0 radical (unpaired) electrons. The van der Waals surface area contributed by atoms with Crippen LogP contribution < -0.4 is 15.8 Å². The maximum absolute atomic E-state index is 13.1. The van der Waals surface area contributed by atoms with E-state index in [1.54, 1.807) is 25.3 Å². The first kappa shape index (κ1) is 19.9. The smallest absolute Gasteiger partial charge is 0.259 e. The van der Waals surface area contributed by atoms with E-state index < -0.39 is 0 Å². The lowest BCUT2D eigenvalue weighted by atomic mass is 10.0. The normalized spacial score (nSPS) is 13.4. The molecule has 7 nitrogen and oxygen atoms in total. The van der Waals surface area contributed by atoms with E-state index in [0.717, 1.165) is 24.2 Å². The van der Waals surface area contributed by atoms with Crippen LogP contribution in [0.1, 0.15) is 60.3 Å². The summed E-state index contributed by atoms with van der Waals surface area (Å²) < 4.78 is 10.7. The Morgan fingerprint density at radius 1 is 1.32 bits per heavy atom. The molecule has 2 aromatic heterocycles. The van der Waals surface area contributed by atoms with E-state index in [0.29, 0.717) is 39.7 Å². The van der Waals surface area contributed by atoms with Crippen LogP contribution in [0.25, 0.3) is 11.1 Å². The Labute approximate surface area is 169 Å². The zero-order chi connectivity index (χ0) is 19.1. The molecule has 0 saturated heterocycles. The third kappa shape index (κ3) is 3.62. The summed E-state index contributed by atoms with van der Waals surface area (Å²) in [6.07, 6.45) is 2.15. The van der Waals surface area contributed by atoms with Crippen molar-refractivity contribution in [2.75, 3.05) is 18.2 Å². The third-order valence-electron chi connectivity index (χ3n) is 4.79. The van der Waals surface area contributed by atoms with E-state index in [9.17, 15) is 4.79 Å². The molecular weight excluding hydrogens is 380 g/mol. The number of aromatic nitrogens is 2. The van der Waals surface area contributed by atoms with Gasteiger partial charge < -0.3 is 20.3 Å². The molecule has 3 aromatic rings. The molecule has 148 valence electrons. The number of nitrogens with one attached hydrogen (secondary N) is 1. The molecule has 8 heteroatoms. The molecule has 0 bridgehead atoms. The maximum Gasteiger partial charge on any atom is 0.259 e. The second kappa shape index (κ2) is 7.67. The van der Waals surface area contributed by atoms with E-state index in [1.165, 1.54) is 0 Å². The molecule has 4 rings (SSSR count). The van der Waals surface area contributed by atoms with Crippen LogP contribution in [0.15, 0.2) is 28.8 Å². The molecular formula is C20H23ClN4O3. The summed E-state index contributed by atoms with van der Waals surface area (Å²) >= 11 is 0. The zero-order valence-electron chi connectivity index (χ0n) is 16.0. The quantitative estimate of drug-likeness (QED) is 0.609. The number of nitrogens with two attached hydrogens (primary N) is 1. The summed E-state index contributed by atoms with van der Waals surface area (Å²) in [5.41, 5.74) is 9.50. The van der Waals surface area contributed by atoms with Crippen molar-refractivity contribution in [3.8, 4) is 5.75 Å². The van der Waals surface area contributed by atoms with Gasteiger partial charge in [-0.3, -0.25) is 4.79 Å². The second-order valence-electron chi connectivity index (χ2n) is 7.18. The molecule has 2 heterocycles. The zero-order valence-corrected chi connectivity index (χ0v) is 16.8. The number of hydrogen-bond acceptors (Lipinski definition) is 6. The minimum absolute atomic E-state index is 0. The number of carbonyl (C=O) groups is 1. The van der Waals surface area contributed by atoms with Gasteiger partial charge in [-0.05, 0) is 37.0 Å². The monoisotopic (exact) mass is 402 g/mol. The lowest BCUT2D eigenvalue weighted by Gasteiger charge is -2.12. The van der Waals surface area contributed by atoms with Crippen LogP contribution in [0.5, 0.6) is 5.75 Å². The van der Waals surface area contributed by atoms with Crippen LogP contribution in [-0.2, 0) is 0 Å². The Morgan fingerprint density at radius 3 is 2.71 bits per heavy atom. The predicted octanol–water partition coefficient (Wildman–Crippen LogP) is 4.49. The van der Waals surface area contributed by atoms with Crippen molar-refractivity contribution in [2.45, 2.75) is 38.5 Å². The summed E-state index contributed by atoms with van der Waals surface area (Å²) in [6, 6.07) is 7.00. The minimum Gasteiger partial charge on any atom is -0.497 e. The van der Waals surface area contributed by atoms with E-state index in [2.05, 4.69) is 15.5 Å². The van der Waals surface area contributed by atoms with Crippen LogP contribution in [0.4, 0.5) is 11.4 Å². The summed E-state index contributed by atoms with van der Waals surface area (Å²) in [6.45, 7) is 4.02. The van der Waals surface area contributed by atoms with Gasteiger partial charge in [0.2, 0.25) is 0 Å². The number of nitrogen functional groups attached to an aromatic ring is 1. The number of ether oxygens (including phenoxy) is 1. The van der Waals surface area contributed by atoms with Gasteiger partial charge in [-0.15, -0.1) is 12.4 Å². The molecule has 3 N–H and O–H groups in total. The van der Waals surface area contributed by atoms with Crippen molar-refractivity contribution in [3.63, 3.8) is 0 Å². The van der Waals surface area contributed by atoms with Gasteiger partial charge in [-0.25, -0.2) is 4.98 Å². The fourth-order valence-electron chi connectivity index (χ4n) is 3.11. The SMILES string of the molecule is COc1ccc(N)c(NC(=O)c2cc(C3CC3)nc3onc(C(C)C)c23)c1.Cl. The highest BCUT2D eigenvalue weighted by Crippen LogP contribution is 2.41. The number of carbonyl (C=O) groups excluding carboxylic acids is 1. The molecule has 1 aliphatic rings. The lowest BCUT2D eigenvalue weighted by Crippen LogP contribution is -2.15. The number of halogens is 1. The fourth-order valence-corrected chi connectivity index (χ4v) is 3.11. The summed E-state index contributed by atoms with van der Waals surface area (Å²) in [4.78, 5) is 17.7. The van der Waals surface area contributed by atoms with Gasteiger partial charge >= 0.3 is 0 Å². The van der Waals surface area contributed by atoms with Crippen molar-refractivity contribution < 1.29 is 14.1 Å². The number of fused-ring (bicyclic) bond motifs is 1. The first-order chi connectivity index (χ1) is 13.0. The Bertz CT molecular complexity index is 1030. The molecule has 0 atom stereocenters. The number of nitrogens with zero attached hydrogens (tertiary/aromatic N) is 2. The van der Waals surface area contributed by atoms with E-state index >= 15 is 0 Å². The van der Waals surface area contributed by atoms with Crippen molar-refractivity contribution in [1.29, 1.82) is 0 Å². The molecule has 1 saturated carbocycles. The van der Waals surface area contributed by atoms with Gasteiger partial charge in [0, 0.05) is 17.7 Å². The van der Waals surface area contributed by atoms with Gasteiger partial charge in [-0.2, -0.15) is 0 Å². The van der Waals surface area contributed by atoms with Crippen LogP contribution in [-0.4, -0.2) is 23.2 Å². The molecule has 1 aliphatic carbocycles. The van der Waals surface area contributed by atoms with Crippen molar-refractivity contribution >= 4 is 40.8 Å². The van der Waals surface area contributed by atoms with Gasteiger partial charge in [0.05, 0.1) is 35.1 Å². The van der Waals surface area contributed by atoms with E-state index in [1.807, 2.05) is 19.9 Å². The summed E-state index contributed by atoms with van der Waals surface area (Å²) in [5, 5.41) is 7.70. The number of amides is 1. The average Bonchev–Trinajstić information content (AvgIpc) is 3.41. The van der Waals surface area contributed by atoms with Crippen LogP contribution in [0.2, 0.25) is 0 Å². The van der Waals surface area contributed by atoms with Gasteiger partial charge in [0.25, 0.3) is 11.6 Å².